The van der Waals surface area contributed by atoms with Crippen molar-refractivity contribution in [3.05, 3.63) is 0 Å². The maximum Gasteiger partial charge on any atom is 2.00 e. The fourth-order valence-electron chi connectivity index (χ4n) is 0. The molecule has 9 heteroatoms. The predicted molar refractivity (Wildman–Crippen MR) is 79.5 cm³/mol. The second-order valence-electron chi connectivity index (χ2n) is 2.32. The molecule has 0 aromatic heterocycles. The summed E-state index contributed by atoms with van der Waals surface area (Å²) in [5.74, 6) is 0. The third-order valence-electron chi connectivity index (χ3n) is 0.730. The van der Waals surface area contributed by atoms with Gasteiger partial charge in [0.2, 0.25) is 0 Å². The molecule has 0 aliphatic carbocycles. The Bertz CT molecular complexity index is 153. The first kappa shape index (κ1) is 24.9. The van der Waals surface area contributed by atoms with Gasteiger partial charge in [-0.15, -0.1) is 0 Å². The third-order valence-corrected chi connectivity index (χ3v) is 2.19. The van der Waals surface area contributed by atoms with Crippen LogP contribution in [-0.4, -0.2) is 61.9 Å². The molecular formula is C6H16CuN2OS4Si. The van der Waals surface area contributed by atoms with Crippen LogP contribution in [0.2, 0.25) is 0 Å². The molecule has 0 aromatic carbocycles. The van der Waals surface area contributed by atoms with Gasteiger partial charge in [-0.2, -0.15) is 0 Å². The van der Waals surface area contributed by atoms with Crippen molar-refractivity contribution in [3.8, 4) is 0 Å². The van der Waals surface area contributed by atoms with Gasteiger partial charge in [-0.05, 0) is 0 Å². The molecule has 0 atom stereocenters. The Balaban J connectivity index is -0.0000000653. The van der Waals surface area contributed by atoms with Crippen LogP contribution in [0.15, 0.2) is 0 Å². The van der Waals surface area contributed by atoms with Gasteiger partial charge in [-0.3, -0.25) is 0 Å². The van der Waals surface area contributed by atoms with Crippen LogP contribution in [0, 0.1) is 0 Å². The van der Waals surface area contributed by atoms with Crippen LogP contribution in [0.25, 0.3) is 0 Å². The Morgan fingerprint density at radius 2 is 1.00 bits per heavy atom. The minimum Gasteiger partial charge on any atom is -0.442 e. The zero-order valence-corrected chi connectivity index (χ0v) is 15.5. The molecule has 0 heterocycles. The standard InChI is InChI=1S/2C3H7NS2.Cu.H4OSi/c2*1-4(2)3(5)6;;1-2/h2*1-2H3,(H,5,6);;1H,2H3/q;;+2;/p-2. The number of hydrogen-bond acceptors (Lipinski definition) is 5. The summed E-state index contributed by atoms with van der Waals surface area (Å²) in [7, 11) is 7.62. The first-order valence-corrected chi connectivity index (χ1v) is 6.03. The van der Waals surface area contributed by atoms with Crippen LogP contribution in [0.5, 0.6) is 0 Å². The van der Waals surface area contributed by atoms with E-state index in [9.17, 15) is 0 Å². The Kier molecular flexibility index (Phi) is 28.8. The molecule has 0 aliphatic rings. The zero-order valence-electron chi connectivity index (χ0n) is 9.28. The van der Waals surface area contributed by atoms with E-state index in [4.69, 9.17) is 4.80 Å². The van der Waals surface area contributed by atoms with Crippen molar-refractivity contribution in [2.24, 2.45) is 0 Å². The van der Waals surface area contributed by atoms with Gasteiger partial charge in [0, 0.05) is 28.2 Å². The van der Waals surface area contributed by atoms with Gasteiger partial charge in [-0.1, -0.05) is 8.64 Å². The van der Waals surface area contributed by atoms with Gasteiger partial charge >= 0.3 is 17.1 Å². The summed E-state index contributed by atoms with van der Waals surface area (Å²) >= 11 is 18.2. The molecule has 1 radical (unpaired) electrons. The molecule has 0 aromatic rings. The molecule has 0 amide bonds. The van der Waals surface area contributed by atoms with Gasteiger partial charge in [0.1, 0.15) is 10.5 Å². The van der Waals surface area contributed by atoms with Crippen molar-refractivity contribution in [2.75, 3.05) is 28.2 Å². The average molecular weight is 352 g/mol. The van der Waals surface area contributed by atoms with Crippen molar-refractivity contribution in [2.45, 2.75) is 0 Å². The SMILES string of the molecule is CN(C)C(=S)[S-].CN(C)C(=S)[S-].O[SiH3].[Cu+2]. The van der Waals surface area contributed by atoms with Gasteiger partial charge in [0.05, 0.1) is 0 Å². The number of nitrogens with zero attached hydrogens (tertiary/aromatic N) is 2. The van der Waals surface area contributed by atoms with E-state index < -0.39 is 0 Å². The summed E-state index contributed by atoms with van der Waals surface area (Å²) in [6.07, 6.45) is 0. The zero-order chi connectivity index (χ0) is 12.3. The van der Waals surface area contributed by atoms with E-state index in [1.165, 1.54) is 0 Å². The second-order valence-corrected chi connectivity index (χ2v) is 4.38. The first-order chi connectivity index (χ1) is 6.29. The van der Waals surface area contributed by atoms with E-state index in [1.807, 2.05) is 28.2 Å². The van der Waals surface area contributed by atoms with Gasteiger partial charge in [0.25, 0.3) is 0 Å². The maximum atomic E-state index is 7.14. The average Bonchev–Trinajstić information content (AvgIpc) is 2.08. The van der Waals surface area contributed by atoms with E-state index in [0.717, 1.165) is 0 Å². The summed E-state index contributed by atoms with van der Waals surface area (Å²) in [5, 5.41) is 0. The van der Waals surface area contributed by atoms with Crippen LogP contribution in [0.3, 0.4) is 0 Å². The predicted octanol–water partition coefficient (Wildman–Crippen LogP) is -0.984. The maximum absolute atomic E-state index is 7.14. The van der Waals surface area contributed by atoms with Gasteiger partial charge in [-0.25, -0.2) is 0 Å². The number of thiocarbonyl (C=S) groups is 2. The van der Waals surface area contributed by atoms with E-state index in [2.05, 4.69) is 49.7 Å². The fraction of sp³-hybridized carbons (Fsp3) is 0.667. The van der Waals surface area contributed by atoms with Crippen molar-refractivity contribution in [1.82, 2.24) is 9.80 Å². The van der Waals surface area contributed by atoms with E-state index >= 15 is 0 Å². The number of rotatable bonds is 0. The number of hydrogen-bond donors (Lipinski definition) is 1. The molecule has 0 aliphatic heterocycles. The van der Waals surface area contributed by atoms with Crippen LogP contribution in [0.4, 0.5) is 0 Å². The van der Waals surface area contributed by atoms with Crippen molar-refractivity contribution in [1.29, 1.82) is 0 Å². The second kappa shape index (κ2) is 17.3. The van der Waals surface area contributed by atoms with Gasteiger partial charge < -0.3 is 64.3 Å². The molecule has 0 spiro atoms. The molecule has 0 rings (SSSR count). The first-order valence-electron chi connectivity index (χ1n) is 3.50. The molecule has 0 saturated heterocycles. The molecular weight excluding hydrogens is 336 g/mol. The van der Waals surface area contributed by atoms with E-state index in [-0.39, 0.29) is 17.1 Å². The normalized spacial score (nSPS) is 6.73. The summed E-state index contributed by atoms with van der Waals surface area (Å²) in [6, 6.07) is 0. The van der Waals surface area contributed by atoms with Crippen molar-refractivity contribution >= 4 is 68.8 Å². The van der Waals surface area contributed by atoms with E-state index in [1.54, 1.807) is 9.80 Å². The molecule has 0 bridgehead atoms. The molecule has 1 N–H and O–H groups in total. The van der Waals surface area contributed by atoms with Crippen LogP contribution in [-0.2, 0) is 42.3 Å². The van der Waals surface area contributed by atoms with Crippen LogP contribution >= 0.6 is 24.4 Å². The Morgan fingerprint density at radius 3 is 1.00 bits per heavy atom. The van der Waals surface area contributed by atoms with Gasteiger partial charge in [0.15, 0.2) is 0 Å². The molecule has 0 saturated carbocycles. The topological polar surface area (TPSA) is 26.7 Å². The van der Waals surface area contributed by atoms with E-state index in [0.29, 0.717) is 19.1 Å². The Labute approximate surface area is 128 Å². The molecule has 15 heavy (non-hydrogen) atoms. The Morgan fingerprint density at radius 1 is 0.933 bits per heavy atom. The molecule has 0 unspecified atom stereocenters. The smallest absolute Gasteiger partial charge is 0.442 e. The summed E-state index contributed by atoms with van der Waals surface area (Å²) in [6.45, 7) is 0. The minimum atomic E-state index is 0. The summed E-state index contributed by atoms with van der Waals surface area (Å²) < 4.78 is 1.02. The molecule has 95 valence electrons. The summed E-state index contributed by atoms with van der Waals surface area (Å²) in [4.78, 5) is 10.6. The minimum absolute atomic E-state index is 0. The molecule has 0 fully saturated rings. The fourth-order valence-corrected chi connectivity index (χ4v) is 0. The van der Waals surface area contributed by atoms with Crippen molar-refractivity contribution < 1.29 is 21.9 Å². The third kappa shape index (κ3) is 31.3. The monoisotopic (exact) mass is 351 g/mol. The summed E-state index contributed by atoms with van der Waals surface area (Å²) in [5.41, 5.74) is 0. The Hall–Kier alpha value is 0.916. The van der Waals surface area contributed by atoms with Crippen LogP contribution < -0.4 is 0 Å². The van der Waals surface area contributed by atoms with Crippen molar-refractivity contribution in [3.63, 3.8) is 0 Å². The quantitative estimate of drug-likeness (QED) is 0.340. The largest absolute Gasteiger partial charge is 2.00 e. The molecule has 3 nitrogen and oxygen atoms in total. The van der Waals surface area contributed by atoms with Crippen LogP contribution in [0.1, 0.15) is 0 Å².